The monoisotopic (exact) mass is 341 g/mol. The summed E-state index contributed by atoms with van der Waals surface area (Å²) in [5, 5.41) is 2.08. The van der Waals surface area contributed by atoms with E-state index in [1.807, 2.05) is 0 Å². The van der Waals surface area contributed by atoms with E-state index in [1.165, 1.54) is 75.7 Å². The number of hydrogen-bond acceptors (Lipinski definition) is 3. The lowest BCUT2D eigenvalue weighted by molar-refractivity contribution is -0.119. The Bertz CT molecular complexity index is 613. The molecule has 0 bridgehead atoms. The maximum Gasteiger partial charge on any atom is 0.235 e. The van der Waals surface area contributed by atoms with Crippen LogP contribution >= 0.6 is 0 Å². The molecule has 4 nitrogen and oxygen atoms in total. The standard InChI is InChI=1S/C21H31N3O/c1-17(25)22-24-16-21(19-10-6-7-11-20(19)24)12-14-23(15-13-21)18-8-4-2-3-5-9-18/h6-7,10-11,18H,2-5,8-9,12-16H2,1H3,(H,22,25). The van der Waals surface area contributed by atoms with Gasteiger partial charge in [0, 0.05) is 24.9 Å². The van der Waals surface area contributed by atoms with E-state index in [0.29, 0.717) is 0 Å². The second kappa shape index (κ2) is 6.99. The molecule has 4 rings (SSSR count). The second-order valence-corrected chi connectivity index (χ2v) is 8.23. The number of rotatable bonds is 2. The Labute approximate surface area is 151 Å². The zero-order valence-corrected chi connectivity index (χ0v) is 15.5. The molecule has 1 aromatic carbocycles. The fourth-order valence-electron chi connectivity index (χ4n) is 5.29. The Balaban J connectivity index is 1.49. The number of carbonyl (C=O) groups excluding carboxylic acids is 1. The van der Waals surface area contributed by atoms with Gasteiger partial charge in [-0.15, -0.1) is 0 Å². The quantitative estimate of drug-likeness (QED) is 0.835. The van der Waals surface area contributed by atoms with E-state index in [1.54, 1.807) is 6.92 Å². The molecular formula is C21H31N3O. The fourth-order valence-corrected chi connectivity index (χ4v) is 5.29. The number of benzene rings is 1. The number of fused-ring (bicyclic) bond motifs is 2. The van der Waals surface area contributed by atoms with Crippen molar-refractivity contribution < 1.29 is 4.79 Å². The van der Waals surface area contributed by atoms with Gasteiger partial charge in [0.2, 0.25) is 5.91 Å². The van der Waals surface area contributed by atoms with Crippen molar-refractivity contribution in [3.8, 4) is 0 Å². The average Bonchev–Trinajstić information content (AvgIpc) is 2.80. The van der Waals surface area contributed by atoms with E-state index in [-0.39, 0.29) is 11.3 Å². The maximum absolute atomic E-state index is 11.6. The first kappa shape index (κ1) is 16.9. The normalized spacial score (nSPS) is 24.1. The van der Waals surface area contributed by atoms with Gasteiger partial charge in [0.05, 0.1) is 5.69 Å². The number of piperidine rings is 1. The molecule has 0 aromatic heterocycles. The Morgan fingerprint density at radius 1 is 1.08 bits per heavy atom. The summed E-state index contributed by atoms with van der Waals surface area (Å²) in [6.45, 7) is 4.92. The van der Waals surface area contributed by atoms with Crippen LogP contribution in [0.25, 0.3) is 0 Å². The van der Waals surface area contributed by atoms with Crippen LogP contribution in [0.4, 0.5) is 5.69 Å². The Kier molecular flexibility index (Phi) is 4.72. The molecule has 4 heteroatoms. The summed E-state index contributed by atoms with van der Waals surface area (Å²) in [6, 6.07) is 9.46. The average molecular weight is 341 g/mol. The highest BCUT2D eigenvalue weighted by Gasteiger charge is 2.45. The number of likely N-dealkylation sites (tertiary alicyclic amines) is 1. The molecule has 2 aliphatic heterocycles. The minimum Gasteiger partial charge on any atom is -0.300 e. The van der Waals surface area contributed by atoms with Crippen molar-refractivity contribution in [3.05, 3.63) is 29.8 Å². The zero-order chi connectivity index (χ0) is 17.3. The molecule has 1 saturated carbocycles. The lowest BCUT2D eigenvalue weighted by atomic mass is 9.74. The van der Waals surface area contributed by atoms with E-state index in [4.69, 9.17) is 0 Å². The lowest BCUT2D eigenvalue weighted by Gasteiger charge is -2.43. The van der Waals surface area contributed by atoms with Crippen LogP contribution in [-0.2, 0) is 10.2 Å². The number of anilines is 1. The lowest BCUT2D eigenvalue weighted by Crippen LogP contribution is -2.50. The van der Waals surface area contributed by atoms with Gasteiger partial charge >= 0.3 is 0 Å². The van der Waals surface area contributed by atoms with Crippen LogP contribution in [0.15, 0.2) is 24.3 Å². The van der Waals surface area contributed by atoms with Crippen LogP contribution in [0.5, 0.6) is 0 Å². The highest BCUT2D eigenvalue weighted by Crippen LogP contribution is 2.46. The first-order valence-electron chi connectivity index (χ1n) is 10.1. The molecule has 1 amide bonds. The van der Waals surface area contributed by atoms with Gasteiger partial charge in [-0.05, 0) is 50.4 Å². The molecule has 136 valence electrons. The summed E-state index contributed by atoms with van der Waals surface area (Å²) in [5.41, 5.74) is 5.87. The van der Waals surface area contributed by atoms with Crippen molar-refractivity contribution in [1.82, 2.24) is 10.3 Å². The van der Waals surface area contributed by atoms with Crippen LogP contribution in [0, 0.1) is 0 Å². The Morgan fingerprint density at radius 2 is 1.76 bits per heavy atom. The third-order valence-electron chi connectivity index (χ3n) is 6.62. The van der Waals surface area contributed by atoms with Crippen LogP contribution in [0.3, 0.4) is 0 Å². The van der Waals surface area contributed by atoms with Crippen LogP contribution < -0.4 is 10.4 Å². The third kappa shape index (κ3) is 3.29. The molecule has 3 aliphatic rings. The van der Waals surface area contributed by atoms with Gasteiger partial charge in [-0.2, -0.15) is 0 Å². The van der Waals surface area contributed by atoms with E-state index in [0.717, 1.165) is 12.6 Å². The van der Waals surface area contributed by atoms with Gasteiger partial charge in [0.15, 0.2) is 0 Å². The molecule has 1 spiro atoms. The van der Waals surface area contributed by atoms with Crippen LogP contribution in [0.1, 0.15) is 63.9 Å². The number of carbonyl (C=O) groups is 1. The minimum absolute atomic E-state index is 0.0164. The Hall–Kier alpha value is -1.55. The summed E-state index contributed by atoms with van der Waals surface area (Å²) >= 11 is 0. The highest BCUT2D eigenvalue weighted by atomic mass is 16.2. The molecule has 2 fully saturated rings. The first-order valence-corrected chi connectivity index (χ1v) is 10.1. The minimum atomic E-state index is 0.0164. The van der Waals surface area contributed by atoms with Crippen molar-refractivity contribution in [2.45, 2.75) is 69.7 Å². The molecule has 1 aromatic rings. The fraction of sp³-hybridized carbons (Fsp3) is 0.667. The number of hydrazine groups is 1. The van der Waals surface area contributed by atoms with Crippen molar-refractivity contribution in [2.75, 3.05) is 24.6 Å². The number of nitrogens with zero attached hydrogens (tertiary/aromatic N) is 2. The van der Waals surface area contributed by atoms with Crippen LogP contribution in [-0.4, -0.2) is 36.5 Å². The van der Waals surface area contributed by atoms with Gasteiger partial charge in [-0.1, -0.05) is 43.9 Å². The van der Waals surface area contributed by atoms with E-state index < -0.39 is 0 Å². The smallest absolute Gasteiger partial charge is 0.235 e. The summed E-state index contributed by atoms with van der Waals surface area (Å²) in [6.07, 6.45) is 10.9. The van der Waals surface area contributed by atoms with Crippen molar-refractivity contribution in [3.63, 3.8) is 0 Å². The third-order valence-corrected chi connectivity index (χ3v) is 6.62. The number of hydrogen-bond donors (Lipinski definition) is 1. The van der Waals surface area contributed by atoms with Crippen molar-refractivity contribution >= 4 is 11.6 Å². The van der Waals surface area contributed by atoms with E-state index >= 15 is 0 Å². The SMILES string of the molecule is CC(=O)NN1CC2(CCN(C3CCCCCC3)CC2)c2ccccc21. The molecule has 0 radical (unpaired) electrons. The van der Waals surface area contributed by atoms with Crippen molar-refractivity contribution in [1.29, 1.82) is 0 Å². The van der Waals surface area contributed by atoms with Gasteiger partial charge in [-0.25, -0.2) is 0 Å². The topological polar surface area (TPSA) is 35.6 Å². The number of para-hydroxylation sites is 1. The molecular weight excluding hydrogens is 310 g/mol. The molecule has 1 N–H and O–H groups in total. The molecule has 0 unspecified atom stereocenters. The molecule has 1 aliphatic carbocycles. The molecule has 0 atom stereocenters. The molecule has 25 heavy (non-hydrogen) atoms. The van der Waals surface area contributed by atoms with Crippen LogP contribution in [0.2, 0.25) is 0 Å². The van der Waals surface area contributed by atoms with E-state index in [2.05, 4.69) is 39.6 Å². The summed E-state index contributed by atoms with van der Waals surface area (Å²) in [5.74, 6) is 0.0164. The zero-order valence-electron chi connectivity index (χ0n) is 15.5. The predicted molar refractivity (Wildman–Crippen MR) is 102 cm³/mol. The maximum atomic E-state index is 11.6. The second-order valence-electron chi connectivity index (χ2n) is 8.23. The van der Waals surface area contributed by atoms with E-state index in [9.17, 15) is 4.79 Å². The molecule has 1 saturated heterocycles. The summed E-state index contributed by atoms with van der Waals surface area (Å²) in [7, 11) is 0. The first-order chi connectivity index (χ1) is 12.2. The number of amides is 1. The van der Waals surface area contributed by atoms with Gasteiger partial charge < -0.3 is 4.90 Å². The molecule has 2 heterocycles. The number of nitrogens with one attached hydrogen (secondary N) is 1. The summed E-state index contributed by atoms with van der Waals surface area (Å²) < 4.78 is 0. The predicted octanol–water partition coefficient (Wildman–Crippen LogP) is 3.61. The Morgan fingerprint density at radius 3 is 2.44 bits per heavy atom. The van der Waals surface area contributed by atoms with Gasteiger partial charge in [-0.3, -0.25) is 15.2 Å². The van der Waals surface area contributed by atoms with Gasteiger partial charge in [0.25, 0.3) is 0 Å². The largest absolute Gasteiger partial charge is 0.300 e. The van der Waals surface area contributed by atoms with Crippen molar-refractivity contribution in [2.24, 2.45) is 0 Å². The summed E-state index contributed by atoms with van der Waals surface area (Å²) in [4.78, 5) is 14.4. The van der Waals surface area contributed by atoms with Gasteiger partial charge in [0.1, 0.15) is 0 Å². The highest BCUT2D eigenvalue weighted by molar-refractivity contribution is 5.77.